The highest BCUT2D eigenvalue weighted by atomic mass is 32.2. The van der Waals surface area contributed by atoms with E-state index in [0.29, 0.717) is 30.3 Å². The van der Waals surface area contributed by atoms with Crippen molar-refractivity contribution in [2.45, 2.75) is 4.90 Å². The van der Waals surface area contributed by atoms with Crippen molar-refractivity contribution in [3.63, 3.8) is 0 Å². The lowest BCUT2D eigenvalue weighted by molar-refractivity contribution is -0.117. The van der Waals surface area contributed by atoms with Crippen LogP contribution in [0.25, 0.3) is 0 Å². The molecule has 0 bridgehead atoms. The summed E-state index contributed by atoms with van der Waals surface area (Å²) in [7, 11) is -3.70. The van der Waals surface area contributed by atoms with Crippen LogP contribution in [-0.2, 0) is 14.8 Å². The Morgan fingerprint density at radius 1 is 0.857 bits per heavy atom. The second-order valence-corrected chi connectivity index (χ2v) is 9.97. The van der Waals surface area contributed by atoms with E-state index in [1.807, 2.05) is 47.4 Å². The third-order valence-electron chi connectivity index (χ3n) is 5.61. The van der Waals surface area contributed by atoms with Crippen molar-refractivity contribution in [1.29, 1.82) is 0 Å². The van der Waals surface area contributed by atoms with Crippen LogP contribution in [0.15, 0.2) is 83.8 Å². The molecule has 2 amide bonds. The maximum Gasteiger partial charge on any atom is 0.248 e. The number of benzene rings is 3. The molecule has 9 nitrogen and oxygen atoms in total. The minimum atomic E-state index is -3.70. The molecular formula is C25H26N4O5S. The van der Waals surface area contributed by atoms with E-state index < -0.39 is 15.9 Å². The maximum absolute atomic E-state index is 12.9. The number of para-hydroxylation sites is 3. The lowest BCUT2D eigenvalue weighted by atomic mass is 10.2. The first-order valence-corrected chi connectivity index (χ1v) is 12.5. The molecule has 182 valence electrons. The average molecular weight is 495 g/mol. The zero-order valence-electron chi connectivity index (χ0n) is 19.0. The van der Waals surface area contributed by atoms with Gasteiger partial charge in [0.2, 0.25) is 21.8 Å². The maximum atomic E-state index is 12.9. The SMILES string of the molecule is NC(=O)c1ccc(S(=O)(=O)N2CCN(CC(=O)Nc3ccccc3Oc3ccccc3)CC2)cc1. The zero-order chi connectivity index (χ0) is 24.8. The van der Waals surface area contributed by atoms with Crippen LogP contribution >= 0.6 is 0 Å². The quantitative estimate of drug-likeness (QED) is 0.496. The molecule has 3 aromatic rings. The second kappa shape index (κ2) is 10.7. The average Bonchev–Trinajstić information content (AvgIpc) is 2.86. The fourth-order valence-corrected chi connectivity index (χ4v) is 5.16. The number of primary amides is 1. The van der Waals surface area contributed by atoms with Gasteiger partial charge in [-0.15, -0.1) is 0 Å². The van der Waals surface area contributed by atoms with Crippen molar-refractivity contribution >= 4 is 27.5 Å². The molecule has 0 saturated carbocycles. The van der Waals surface area contributed by atoms with Crippen LogP contribution in [0.4, 0.5) is 5.69 Å². The number of nitrogens with two attached hydrogens (primary N) is 1. The van der Waals surface area contributed by atoms with Crippen LogP contribution in [0.3, 0.4) is 0 Å². The summed E-state index contributed by atoms with van der Waals surface area (Å²) >= 11 is 0. The van der Waals surface area contributed by atoms with Gasteiger partial charge in [-0.1, -0.05) is 30.3 Å². The predicted molar refractivity (Wildman–Crippen MR) is 132 cm³/mol. The highest BCUT2D eigenvalue weighted by Gasteiger charge is 2.29. The summed E-state index contributed by atoms with van der Waals surface area (Å²) in [5, 5.41) is 2.88. The van der Waals surface area contributed by atoms with Gasteiger partial charge in [-0.3, -0.25) is 14.5 Å². The molecule has 35 heavy (non-hydrogen) atoms. The second-order valence-electron chi connectivity index (χ2n) is 8.03. The van der Waals surface area contributed by atoms with Crippen LogP contribution in [0.1, 0.15) is 10.4 Å². The summed E-state index contributed by atoms with van der Waals surface area (Å²) in [6, 6.07) is 22.0. The monoisotopic (exact) mass is 494 g/mol. The lowest BCUT2D eigenvalue weighted by Crippen LogP contribution is -2.50. The van der Waals surface area contributed by atoms with Crippen molar-refractivity contribution in [3.05, 3.63) is 84.4 Å². The van der Waals surface area contributed by atoms with Gasteiger partial charge in [0.1, 0.15) is 5.75 Å². The summed E-state index contributed by atoms with van der Waals surface area (Å²) < 4.78 is 33.1. The van der Waals surface area contributed by atoms with E-state index >= 15 is 0 Å². The molecule has 10 heteroatoms. The van der Waals surface area contributed by atoms with Gasteiger partial charge in [0.25, 0.3) is 0 Å². The topological polar surface area (TPSA) is 122 Å². The van der Waals surface area contributed by atoms with E-state index in [1.54, 1.807) is 12.1 Å². The molecule has 0 aliphatic carbocycles. The summed E-state index contributed by atoms with van der Waals surface area (Å²) in [5.74, 6) is 0.365. The summed E-state index contributed by atoms with van der Waals surface area (Å²) in [6.07, 6.45) is 0. The molecule has 1 aliphatic rings. The van der Waals surface area contributed by atoms with Gasteiger partial charge in [0, 0.05) is 31.7 Å². The van der Waals surface area contributed by atoms with Crippen molar-refractivity contribution in [1.82, 2.24) is 9.21 Å². The minimum absolute atomic E-state index is 0.101. The smallest absolute Gasteiger partial charge is 0.248 e. The van der Waals surface area contributed by atoms with E-state index in [4.69, 9.17) is 10.5 Å². The number of sulfonamides is 1. The molecule has 3 aromatic carbocycles. The Kier molecular flexibility index (Phi) is 7.45. The molecule has 4 rings (SSSR count). The van der Waals surface area contributed by atoms with E-state index in [9.17, 15) is 18.0 Å². The van der Waals surface area contributed by atoms with Gasteiger partial charge in [0.15, 0.2) is 5.75 Å². The summed E-state index contributed by atoms with van der Waals surface area (Å²) in [6.45, 7) is 1.45. The first-order valence-electron chi connectivity index (χ1n) is 11.1. The molecule has 1 fully saturated rings. The molecule has 1 saturated heterocycles. The number of carbonyl (C=O) groups excluding carboxylic acids is 2. The molecule has 0 unspecified atom stereocenters. The Morgan fingerprint density at radius 2 is 1.49 bits per heavy atom. The number of rotatable bonds is 8. The number of hydrogen-bond donors (Lipinski definition) is 2. The van der Waals surface area contributed by atoms with Crippen molar-refractivity contribution in [2.24, 2.45) is 5.73 Å². The molecule has 3 N–H and O–H groups in total. The van der Waals surface area contributed by atoms with Gasteiger partial charge in [-0.2, -0.15) is 4.31 Å². The number of ether oxygens (including phenoxy) is 1. The highest BCUT2D eigenvalue weighted by Crippen LogP contribution is 2.29. The van der Waals surface area contributed by atoms with Gasteiger partial charge >= 0.3 is 0 Å². The summed E-state index contributed by atoms with van der Waals surface area (Å²) in [4.78, 5) is 25.9. The van der Waals surface area contributed by atoms with Crippen LogP contribution in [0.2, 0.25) is 0 Å². The number of piperazine rings is 1. The van der Waals surface area contributed by atoms with E-state index in [-0.39, 0.29) is 36.0 Å². The van der Waals surface area contributed by atoms with Crippen LogP contribution in [0.5, 0.6) is 11.5 Å². The van der Waals surface area contributed by atoms with Crippen LogP contribution in [-0.4, -0.2) is 62.2 Å². The van der Waals surface area contributed by atoms with Crippen molar-refractivity contribution < 1.29 is 22.7 Å². The third kappa shape index (κ3) is 6.04. The van der Waals surface area contributed by atoms with Crippen LogP contribution < -0.4 is 15.8 Å². The fraction of sp³-hybridized carbons (Fsp3) is 0.200. The number of nitrogens with one attached hydrogen (secondary N) is 1. The molecule has 0 radical (unpaired) electrons. The molecule has 1 heterocycles. The first kappa shape index (κ1) is 24.4. The van der Waals surface area contributed by atoms with Gasteiger partial charge < -0.3 is 15.8 Å². The molecule has 0 spiro atoms. The standard InChI is InChI=1S/C25H26N4O5S/c26-25(31)19-10-12-21(13-11-19)35(32,33)29-16-14-28(15-17-29)18-24(30)27-22-8-4-5-9-23(22)34-20-6-2-1-3-7-20/h1-13H,14-18H2,(H2,26,31)(H,27,30). The van der Waals surface area contributed by atoms with E-state index in [1.165, 1.54) is 28.6 Å². The largest absolute Gasteiger partial charge is 0.455 e. The number of carbonyl (C=O) groups is 2. The van der Waals surface area contributed by atoms with Gasteiger partial charge in [0.05, 0.1) is 17.1 Å². The van der Waals surface area contributed by atoms with E-state index in [2.05, 4.69) is 5.32 Å². The Balaban J connectivity index is 1.32. The normalized spacial score (nSPS) is 14.9. The Morgan fingerprint density at radius 3 is 2.14 bits per heavy atom. The van der Waals surface area contributed by atoms with Crippen LogP contribution in [0, 0.1) is 0 Å². The number of hydrogen-bond acceptors (Lipinski definition) is 6. The number of anilines is 1. The van der Waals surface area contributed by atoms with E-state index in [0.717, 1.165) is 0 Å². The Hall–Kier alpha value is -3.73. The Labute approximate surface area is 204 Å². The lowest BCUT2D eigenvalue weighted by Gasteiger charge is -2.33. The predicted octanol–water partition coefficient (Wildman–Crippen LogP) is 2.52. The number of amides is 2. The molecule has 0 aromatic heterocycles. The fourth-order valence-electron chi connectivity index (χ4n) is 3.74. The number of nitrogens with zero attached hydrogens (tertiary/aromatic N) is 2. The third-order valence-corrected chi connectivity index (χ3v) is 7.52. The Bertz CT molecular complexity index is 1290. The van der Waals surface area contributed by atoms with Crippen molar-refractivity contribution in [3.8, 4) is 11.5 Å². The first-order chi connectivity index (χ1) is 16.8. The van der Waals surface area contributed by atoms with Crippen molar-refractivity contribution in [2.75, 3.05) is 38.0 Å². The molecular weight excluding hydrogens is 468 g/mol. The zero-order valence-corrected chi connectivity index (χ0v) is 19.8. The molecule has 0 atom stereocenters. The van der Waals surface area contributed by atoms with Gasteiger partial charge in [-0.05, 0) is 48.5 Å². The minimum Gasteiger partial charge on any atom is -0.455 e. The highest BCUT2D eigenvalue weighted by molar-refractivity contribution is 7.89. The van der Waals surface area contributed by atoms with Gasteiger partial charge in [-0.25, -0.2) is 8.42 Å². The molecule has 1 aliphatic heterocycles. The summed E-state index contributed by atoms with van der Waals surface area (Å²) in [5.41, 5.74) is 6.02.